The van der Waals surface area contributed by atoms with Crippen molar-refractivity contribution in [3.63, 3.8) is 0 Å². The Morgan fingerprint density at radius 2 is 1.40 bits per heavy atom. The van der Waals surface area contributed by atoms with Crippen LogP contribution in [0.2, 0.25) is 0 Å². The number of halogens is 2. The summed E-state index contributed by atoms with van der Waals surface area (Å²) in [4.78, 5) is 0. The van der Waals surface area contributed by atoms with Crippen LogP contribution in [-0.4, -0.2) is 4.21 Å². The molecule has 0 bridgehead atoms. The molecule has 0 spiro atoms. The van der Waals surface area contributed by atoms with Gasteiger partial charge >= 0.3 is 0 Å². The van der Waals surface area contributed by atoms with Gasteiger partial charge in [0.1, 0.15) is 0 Å². The molecule has 0 rings (SSSR count). The summed E-state index contributed by atoms with van der Waals surface area (Å²) in [6.07, 6.45) is 0. The largest absolute Gasteiger partial charge is 0.225 e. The summed E-state index contributed by atoms with van der Waals surface area (Å²) in [6.45, 7) is 0. The van der Waals surface area contributed by atoms with Gasteiger partial charge < -0.3 is 0 Å². The van der Waals surface area contributed by atoms with Crippen molar-refractivity contribution in [1.82, 2.24) is 0 Å². The topological polar surface area (TPSA) is 17.1 Å². The van der Waals surface area contributed by atoms with Gasteiger partial charge in [0, 0.05) is 38.4 Å². The second-order valence-electron chi connectivity index (χ2n) is 0.184. The predicted molar refractivity (Wildman–Crippen MR) is 19.8 cm³/mol. The molecule has 0 aliphatic rings. The quantitative estimate of drug-likeness (QED) is 0.404. The molecule has 0 atom stereocenters. The van der Waals surface area contributed by atoms with Crippen molar-refractivity contribution in [1.29, 1.82) is 0 Å². The van der Waals surface area contributed by atoms with Crippen molar-refractivity contribution in [2.24, 2.45) is 0 Å². The van der Waals surface area contributed by atoms with Gasteiger partial charge in [-0.2, -0.15) is 0 Å². The minimum Gasteiger partial charge on any atom is -0.225 e. The Kier molecular flexibility index (Phi) is 10.0. The van der Waals surface area contributed by atoms with Gasteiger partial charge in [0.15, 0.2) is 0 Å². The van der Waals surface area contributed by atoms with Crippen LogP contribution in [0, 0.1) is 0 Å². The third kappa shape index (κ3) is 35.5. The average molecular weight is 183 g/mol. The molecule has 37 valence electrons. The minimum atomic E-state index is -1.67. The van der Waals surface area contributed by atoms with Crippen LogP contribution in [0.5, 0.6) is 0 Å². The predicted octanol–water partition coefficient (Wildman–Crippen LogP) is 1.04. The molecule has 5 heavy (non-hydrogen) atoms. The van der Waals surface area contributed by atoms with Crippen LogP contribution in [0.4, 0.5) is 0 Å². The molecule has 0 fully saturated rings. The van der Waals surface area contributed by atoms with Gasteiger partial charge in [-0.15, -0.1) is 0 Å². The van der Waals surface area contributed by atoms with Crippen LogP contribution < -0.4 is 0 Å². The molecule has 0 N–H and O–H groups in total. The van der Waals surface area contributed by atoms with Gasteiger partial charge in [-0.05, 0) is 0 Å². The van der Waals surface area contributed by atoms with E-state index >= 15 is 0 Å². The van der Waals surface area contributed by atoms with E-state index in [1.807, 2.05) is 0 Å². The Bertz CT molecular complexity index is 32.6. The third-order valence-electron chi connectivity index (χ3n) is 0. The first-order valence-corrected chi connectivity index (χ1v) is 3.28. The van der Waals surface area contributed by atoms with Crippen molar-refractivity contribution >= 4 is 30.6 Å². The Labute approximate surface area is 52.0 Å². The fourth-order valence-corrected chi connectivity index (χ4v) is 0. The summed E-state index contributed by atoms with van der Waals surface area (Å²) in [5, 5.41) is 0. The van der Waals surface area contributed by atoms with Crippen LogP contribution >= 0.6 is 21.4 Å². The van der Waals surface area contributed by atoms with E-state index in [1.165, 1.54) is 0 Å². The molecular weight excluding hydrogens is 183 g/mol. The van der Waals surface area contributed by atoms with E-state index in [1.54, 1.807) is 0 Å². The zero-order chi connectivity index (χ0) is 3.58. The number of rotatable bonds is 0. The van der Waals surface area contributed by atoms with Gasteiger partial charge in [-0.3, -0.25) is 0 Å². The van der Waals surface area contributed by atoms with Crippen LogP contribution in [0.1, 0.15) is 0 Å². The van der Waals surface area contributed by atoms with Gasteiger partial charge in [-0.1, -0.05) is 0 Å². The standard InChI is InChI=1S/Cl2OS.Cu/c1-4(2)3;. The molecule has 0 aliphatic carbocycles. The normalized spacial score (nSPS) is 7.00. The number of hydrogen-bond donors (Lipinski definition) is 0. The van der Waals surface area contributed by atoms with Crippen molar-refractivity contribution in [2.45, 2.75) is 0 Å². The Balaban J connectivity index is 0. The van der Waals surface area contributed by atoms with Gasteiger partial charge in [0.2, 0.25) is 9.23 Å². The second kappa shape index (κ2) is 5.25. The molecule has 1 radical (unpaired) electrons. The fraction of sp³-hybridized carbons (Fsp3) is 0. The van der Waals surface area contributed by atoms with E-state index in [2.05, 4.69) is 21.4 Å². The zero-order valence-corrected chi connectivity index (χ0v) is 5.14. The Hall–Kier alpha value is 1.25. The Morgan fingerprint density at radius 1 is 1.40 bits per heavy atom. The van der Waals surface area contributed by atoms with Crippen molar-refractivity contribution in [3.8, 4) is 0 Å². The molecule has 0 saturated carbocycles. The molecule has 1 nitrogen and oxygen atoms in total. The summed E-state index contributed by atoms with van der Waals surface area (Å²) in [5.41, 5.74) is 0. The second-order valence-corrected chi connectivity index (χ2v) is 2.71. The smallest absolute Gasteiger partial charge is 0.211 e. The molecule has 5 heteroatoms. The van der Waals surface area contributed by atoms with E-state index in [0.717, 1.165) is 0 Å². The Morgan fingerprint density at radius 3 is 1.40 bits per heavy atom. The van der Waals surface area contributed by atoms with E-state index in [0.29, 0.717) is 0 Å². The van der Waals surface area contributed by atoms with E-state index in [9.17, 15) is 0 Å². The first kappa shape index (κ1) is 9.54. The molecule has 0 amide bonds. The van der Waals surface area contributed by atoms with E-state index < -0.39 is 9.23 Å². The first-order chi connectivity index (χ1) is 1.73. The first-order valence-electron chi connectivity index (χ1n) is 0.475. The molecule has 0 unspecified atom stereocenters. The molecule has 0 aromatic carbocycles. The van der Waals surface area contributed by atoms with Crippen molar-refractivity contribution in [2.75, 3.05) is 0 Å². The molecule has 0 heterocycles. The van der Waals surface area contributed by atoms with Crippen LogP contribution in [-0.2, 0) is 26.3 Å². The third-order valence-corrected chi connectivity index (χ3v) is 0. The molecule has 0 aliphatic heterocycles. The van der Waals surface area contributed by atoms with Crippen molar-refractivity contribution < 1.29 is 21.3 Å². The van der Waals surface area contributed by atoms with Gasteiger partial charge in [0.05, 0.1) is 0 Å². The molecule has 0 aromatic heterocycles. The van der Waals surface area contributed by atoms with Crippen molar-refractivity contribution in [3.05, 3.63) is 0 Å². The van der Waals surface area contributed by atoms with Gasteiger partial charge in [0.25, 0.3) is 0 Å². The summed E-state index contributed by atoms with van der Waals surface area (Å²) in [6, 6.07) is 0. The maximum atomic E-state index is 9.09. The minimum absolute atomic E-state index is 0. The maximum absolute atomic E-state index is 9.09. The van der Waals surface area contributed by atoms with E-state index in [-0.39, 0.29) is 17.1 Å². The summed E-state index contributed by atoms with van der Waals surface area (Å²) >= 11 is 0. The molecular formula is Cl2CuOS. The summed E-state index contributed by atoms with van der Waals surface area (Å²) in [5.74, 6) is 0. The molecule has 0 saturated heterocycles. The molecule has 0 aromatic rings. The van der Waals surface area contributed by atoms with Crippen LogP contribution in [0.3, 0.4) is 0 Å². The maximum Gasteiger partial charge on any atom is 0.211 e. The SMILES string of the molecule is O=S(Cl)Cl.[Cu]. The van der Waals surface area contributed by atoms with Crippen LogP contribution in [0.25, 0.3) is 0 Å². The zero-order valence-electron chi connectivity index (χ0n) is 1.87. The fourth-order valence-electron chi connectivity index (χ4n) is 0. The number of hydrogen-bond acceptors (Lipinski definition) is 1. The average Bonchev–Trinajstić information content (AvgIpc) is 0.811. The van der Waals surface area contributed by atoms with Gasteiger partial charge in [-0.25, -0.2) is 4.21 Å². The van der Waals surface area contributed by atoms with E-state index in [4.69, 9.17) is 4.21 Å². The summed E-state index contributed by atoms with van der Waals surface area (Å²) in [7, 11) is 7.36. The monoisotopic (exact) mass is 181 g/mol. The summed E-state index contributed by atoms with van der Waals surface area (Å²) < 4.78 is 9.09. The van der Waals surface area contributed by atoms with Crippen LogP contribution in [0.15, 0.2) is 0 Å².